The van der Waals surface area contributed by atoms with E-state index in [0.29, 0.717) is 6.54 Å². The summed E-state index contributed by atoms with van der Waals surface area (Å²) in [5.41, 5.74) is 5.27. The zero-order valence-electron chi connectivity index (χ0n) is 13.9. The standard InChI is InChI=1S/C21H17N3O2/c25-21(26)15-8-10-17(11-9-15)22-13-14-4-3-5-16(12-14)20-23-18-6-1-2-7-19(18)24-20/h1-12,22H,13H2,(H,23,24)(H,25,26). The summed E-state index contributed by atoms with van der Waals surface area (Å²) in [5, 5.41) is 12.3. The van der Waals surface area contributed by atoms with E-state index in [1.165, 1.54) is 0 Å². The summed E-state index contributed by atoms with van der Waals surface area (Å²) < 4.78 is 0. The molecule has 0 radical (unpaired) electrons. The molecule has 1 heterocycles. The van der Waals surface area contributed by atoms with Crippen LogP contribution >= 0.6 is 0 Å². The Balaban J connectivity index is 1.51. The molecule has 3 N–H and O–H groups in total. The van der Waals surface area contributed by atoms with Crippen molar-refractivity contribution < 1.29 is 9.90 Å². The van der Waals surface area contributed by atoms with Crippen LogP contribution in [0.3, 0.4) is 0 Å². The van der Waals surface area contributed by atoms with Gasteiger partial charge in [-0.05, 0) is 48.0 Å². The minimum Gasteiger partial charge on any atom is -0.478 e. The monoisotopic (exact) mass is 343 g/mol. The van der Waals surface area contributed by atoms with Gasteiger partial charge in [-0.25, -0.2) is 9.78 Å². The fraction of sp³-hybridized carbons (Fsp3) is 0.0476. The maximum absolute atomic E-state index is 10.9. The normalized spacial score (nSPS) is 10.8. The number of imidazole rings is 1. The van der Waals surface area contributed by atoms with Crippen LogP contribution in [0.15, 0.2) is 72.8 Å². The highest BCUT2D eigenvalue weighted by Crippen LogP contribution is 2.21. The van der Waals surface area contributed by atoms with Crippen molar-refractivity contribution in [1.29, 1.82) is 0 Å². The fourth-order valence-corrected chi connectivity index (χ4v) is 2.85. The van der Waals surface area contributed by atoms with Crippen LogP contribution in [0.2, 0.25) is 0 Å². The van der Waals surface area contributed by atoms with Gasteiger partial charge < -0.3 is 15.4 Å². The summed E-state index contributed by atoms with van der Waals surface area (Å²) in [7, 11) is 0. The molecule has 0 atom stereocenters. The van der Waals surface area contributed by atoms with Gasteiger partial charge >= 0.3 is 5.97 Å². The van der Waals surface area contributed by atoms with Crippen molar-refractivity contribution in [3.05, 3.63) is 83.9 Å². The average molecular weight is 343 g/mol. The van der Waals surface area contributed by atoms with Crippen LogP contribution in [-0.4, -0.2) is 21.0 Å². The van der Waals surface area contributed by atoms with E-state index in [4.69, 9.17) is 5.11 Å². The van der Waals surface area contributed by atoms with E-state index in [-0.39, 0.29) is 5.56 Å². The maximum atomic E-state index is 10.9. The summed E-state index contributed by atoms with van der Waals surface area (Å²) in [4.78, 5) is 18.9. The number of benzene rings is 3. The Morgan fingerprint density at radius 2 is 1.81 bits per heavy atom. The number of aromatic nitrogens is 2. The van der Waals surface area contributed by atoms with Gasteiger partial charge in [-0.2, -0.15) is 0 Å². The fourth-order valence-electron chi connectivity index (χ4n) is 2.85. The van der Waals surface area contributed by atoms with Crippen molar-refractivity contribution >= 4 is 22.7 Å². The number of nitrogens with zero attached hydrogens (tertiary/aromatic N) is 1. The number of anilines is 1. The Morgan fingerprint density at radius 1 is 1.00 bits per heavy atom. The average Bonchev–Trinajstić information content (AvgIpc) is 3.11. The molecule has 0 aliphatic heterocycles. The molecule has 0 aliphatic carbocycles. The second kappa shape index (κ2) is 6.72. The number of H-pyrrole nitrogens is 1. The molecule has 0 saturated heterocycles. The molecular weight excluding hydrogens is 326 g/mol. The molecule has 3 aromatic carbocycles. The first-order valence-electron chi connectivity index (χ1n) is 8.30. The molecular formula is C21H17N3O2. The van der Waals surface area contributed by atoms with Gasteiger partial charge in [-0.1, -0.05) is 30.3 Å². The molecule has 0 bridgehead atoms. The molecule has 4 rings (SSSR count). The Hall–Kier alpha value is -3.60. The first kappa shape index (κ1) is 15.9. The quantitative estimate of drug-likeness (QED) is 0.497. The summed E-state index contributed by atoms with van der Waals surface area (Å²) in [6.45, 7) is 0.639. The van der Waals surface area contributed by atoms with Gasteiger partial charge in [0.15, 0.2) is 0 Å². The molecule has 5 heteroatoms. The van der Waals surface area contributed by atoms with E-state index < -0.39 is 5.97 Å². The first-order valence-corrected chi connectivity index (χ1v) is 8.30. The van der Waals surface area contributed by atoms with Gasteiger partial charge in [-0.15, -0.1) is 0 Å². The highest BCUT2D eigenvalue weighted by Gasteiger charge is 2.06. The molecule has 5 nitrogen and oxygen atoms in total. The largest absolute Gasteiger partial charge is 0.478 e. The number of fused-ring (bicyclic) bond motifs is 1. The lowest BCUT2D eigenvalue weighted by atomic mass is 10.1. The zero-order chi connectivity index (χ0) is 17.9. The SMILES string of the molecule is O=C(O)c1ccc(NCc2cccc(-c3nc4ccccc4[nH]3)c2)cc1. The molecule has 0 amide bonds. The Labute approximate surface area is 150 Å². The molecule has 0 unspecified atom stereocenters. The predicted octanol–water partition coefficient (Wildman–Crippen LogP) is 4.54. The third kappa shape index (κ3) is 3.28. The van der Waals surface area contributed by atoms with Crippen molar-refractivity contribution in [2.45, 2.75) is 6.54 Å². The van der Waals surface area contributed by atoms with Crippen LogP contribution < -0.4 is 5.32 Å². The summed E-state index contributed by atoms with van der Waals surface area (Å²) >= 11 is 0. The van der Waals surface area contributed by atoms with E-state index in [2.05, 4.69) is 21.4 Å². The van der Waals surface area contributed by atoms with Crippen LogP contribution in [-0.2, 0) is 6.54 Å². The molecule has 0 saturated carbocycles. The van der Waals surface area contributed by atoms with Gasteiger partial charge in [0, 0.05) is 17.8 Å². The lowest BCUT2D eigenvalue weighted by Crippen LogP contribution is -2.01. The van der Waals surface area contributed by atoms with Crippen molar-refractivity contribution in [2.24, 2.45) is 0 Å². The topological polar surface area (TPSA) is 78.0 Å². The van der Waals surface area contributed by atoms with E-state index >= 15 is 0 Å². The van der Waals surface area contributed by atoms with Crippen LogP contribution in [0.5, 0.6) is 0 Å². The molecule has 0 fully saturated rings. The van der Waals surface area contributed by atoms with Crippen molar-refractivity contribution in [3.8, 4) is 11.4 Å². The number of aromatic carboxylic acids is 1. The van der Waals surface area contributed by atoms with Gasteiger partial charge in [0.25, 0.3) is 0 Å². The summed E-state index contributed by atoms with van der Waals surface area (Å²) in [6.07, 6.45) is 0. The van der Waals surface area contributed by atoms with E-state index in [1.807, 2.05) is 42.5 Å². The van der Waals surface area contributed by atoms with E-state index in [0.717, 1.165) is 33.7 Å². The Kier molecular flexibility index (Phi) is 4.11. The third-order valence-electron chi connectivity index (χ3n) is 4.22. The van der Waals surface area contributed by atoms with Gasteiger partial charge in [0.05, 0.1) is 16.6 Å². The maximum Gasteiger partial charge on any atom is 0.335 e. The number of carboxylic acid groups (broad SMARTS) is 1. The number of carboxylic acids is 1. The van der Waals surface area contributed by atoms with Crippen molar-refractivity contribution in [3.63, 3.8) is 0 Å². The lowest BCUT2D eigenvalue weighted by Gasteiger charge is -2.08. The zero-order valence-corrected chi connectivity index (χ0v) is 13.9. The number of rotatable bonds is 5. The van der Waals surface area contributed by atoms with Crippen LogP contribution in [0.25, 0.3) is 22.4 Å². The summed E-state index contributed by atoms with van der Waals surface area (Å²) in [6, 6.07) is 22.9. The van der Waals surface area contributed by atoms with Crippen LogP contribution in [0, 0.1) is 0 Å². The number of nitrogens with one attached hydrogen (secondary N) is 2. The predicted molar refractivity (Wildman–Crippen MR) is 102 cm³/mol. The number of hydrogen-bond acceptors (Lipinski definition) is 3. The van der Waals surface area contributed by atoms with E-state index in [1.54, 1.807) is 24.3 Å². The number of carbonyl (C=O) groups is 1. The van der Waals surface area contributed by atoms with Gasteiger partial charge in [0.2, 0.25) is 0 Å². The van der Waals surface area contributed by atoms with E-state index in [9.17, 15) is 4.79 Å². The second-order valence-corrected chi connectivity index (χ2v) is 6.04. The van der Waals surface area contributed by atoms with Gasteiger partial charge in [-0.3, -0.25) is 0 Å². The number of aromatic amines is 1. The highest BCUT2D eigenvalue weighted by molar-refractivity contribution is 5.88. The Morgan fingerprint density at radius 3 is 2.58 bits per heavy atom. The molecule has 4 aromatic rings. The minimum atomic E-state index is -0.921. The lowest BCUT2D eigenvalue weighted by molar-refractivity contribution is 0.0697. The molecule has 0 spiro atoms. The molecule has 0 aliphatic rings. The highest BCUT2D eigenvalue weighted by atomic mass is 16.4. The number of para-hydroxylation sites is 2. The molecule has 128 valence electrons. The first-order chi connectivity index (χ1) is 12.7. The van der Waals surface area contributed by atoms with Gasteiger partial charge in [0.1, 0.15) is 5.82 Å². The van der Waals surface area contributed by atoms with Crippen LogP contribution in [0.4, 0.5) is 5.69 Å². The molecule has 1 aromatic heterocycles. The number of hydrogen-bond donors (Lipinski definition) is 3. The second-order valence-electron chi connectivity index (χ2n) is 6.04. The third-order valence-corrected chi connectivity index (χ3v) is 4.22. The minimum absolute atomic E-state index is 0.280. The molecule has 26 heavy (non-hydrogen) atoms. The van der Waals surface area contributed by atoms with Crippen LogP contribution in [0.1, 0.15) is 15.9 Å². The van der Waals surface area contributed by atoms with Crippen molar-refractivity contribution in [1.82, 2.24) is 9.97 Å². The Bertz CT molecular complexity index is 1040. The van der Waals surface area contributed by atoms with Crippen molar-refractivity contribution in [2.75, 3.05) is 5.32 Å². The smallest absolute Gasteiger partial charge is 0.335 e. The summed E-state index contributed by atoms with van der Waals surface area (Å²) in [5.74, 6) is -0.0750.